The Morgan fingerprint density at radius 1 is 1.12 bits per heavy atom. The van der Waals surface area contributed by atoms with Crippen LogP contribution in [0, 0.1) is 5.92 Å². The molecule has 2 fully saturated rings. The summed E-state index contributed by atoms with van der Waals surface area (Å²) < 4.78 is 0. The van der Waals surface area contributed by atoms with E-state index in [1.54, 1.807) is 0 Å². The zero-order valence-electron chi connectivity index (χ0n) is 10.9. The van der Waals surface area contributed by atoms with Gasteiger partial charge < -0.3 is 5.11 Å². The molecule has 2 aliphatic rings. The highest BCUT2D eigenvalue weighted by atomic mass is 16.3. The van der Waals surface area contributed by atoms with E-state index in [-0.39, 0.29) is 11.6 Å². The molecular formula is C14H27NO. The van der Waals surface area contributed by atoms with Crippen LogP contribution < -0.4 is 0 Å². The average Bonchev–Trinajstić information content (AvgIpc) is 2.23. The lowest BCUT2D eigenvalue weighted by Crippen LogP contribution is -2.53. The number of rotatable bonds is 2. The standard InChI is InChI=1S/C14H27NO/c1-14(2)10-13(16)8-9-15(14)11-12-6-4-3-5-7-12/h12-13,16H,3-11H2,1-2H3. The quantitative estimate of drug-likeness (QED) is 0.781. The molecule has 1 unspecified atom stereocenters. The van der Waals surface area contributed by atoms with Crippen LogP contribution in [-0.4, -0.2) is 34.7 Å². The molecule has 94 valence electrons. The Labute approximate surface area is 100 Å². The van der Waals surface area contributed by atoms with Gasteiger partial charge in [0, 0.05) is 18.6 Å². The van der Waals surface area contributed by atoms with Gasteiger partial charge in [0.2, 0.25) is 0 Å². The molecule has 1 aliphatic heterocycles. The first kappa shape index (κ1) is 12.4. The molecule has 1 N–H and O–H groups in total. The van der Waals surface area contributed by atoms with Crippen molar-refractivity contribution in [3.63, 3.8) is 0 Å². The van der Waals surface area contributed by atoms with Crippen molar-refractivity contribution in [2.45, 2.75) is 70.4 Å². The zero-order valence-corrected chi connectivity index (χ0v) is 10.9. The predicted molar refractivity (Wildman–Crippen MR) is 67.5 cm³/mol. The molecule has 1 aliphatic carbocycles. The lowest BCUT2D eigenvalue weighted by Gasteiger charge is -2.46. The molecule has 16 heavy (non-hydrogen) atoms. The summed E-state index contributed by atoms with van der Waals surface area (Å²) >= 11 is 0. The van der Waals surface area contributed by atoms with Gasteiger partial charge in [0.05, 0.1) is 6.10 Å². The van der Waals surface area contributed by atoms with Crippen molar-refractivity contribution in [3.05, 3.63) is 0 Å². The maximum atomic E-state index is 9.74. The van der Waals surface area contributed by atoms with Crippen LogP contribution in [0.1, 0.15) is 58.8 Å². The van der Waals surface area contributed by atoms with Crippen molar-refractivity contribution >= 4 is 0 Å². The summed E-state index contributed by atoms with van der Waals surface area (Å²) in [5.41, 5.74) is 0.203. The summed E-state index contributed by atoms with van der Waals surface area (Å²) in [5.74, 6) is 0.920. The van der Waals surface area contributed by atoms with E-state index >= 15 is 0 Å². The van der Waals surface area contributed by atoms with Crippen molar-refractivity contribution in [1.29, 1.82) is 0 Å². The number of aliphatic hydroxyl groups excluding tert-OH is 1. The largest absolute Gasteiger partial charge is 0.393 e. The van der Waals surface area contributed by atoms with Crippen LogP contribution >= 0.6 is 0 Å². The minimum atomic E-state index is -0.0717. The summed E-state index contributed by atoms with van der Waals surface area (Å²) in [6, 6.07) is 0. The second-order valence-electron chi connectivity index (χ2n) is 6.41. The first-order valence-corrected chi connectivity index (χ1v) is 7.01. The van der Waals surface area contributed by atoms with E-state index in [0.717, 1.165) is 25.3 Å². The Kier molecular flexibility index (Phi) is 3.91. The van der Waals surface area contributed by atoms with Crippen LogP contribution in [0.2, 0.25) is 0 Å². The van der Waals surface area contributed by atoms with Crippen molar-refractivity contribution < 1.29 is 5.11 Å². The van der Waals surface area contributed by atoms with Gasteiger partial charge in [-0.2, -0.15) is 0 Å². The lowest BCUT2D eigenvalue weighted by molar-refractivity contribution is -0.0132. The molecule has 2 heteroatoms. The number of hydrogen-bond acceptors (Lipinski definition) is 2. The fraction of sp³-hybridized carbons (Fsp3) is 1.00. The third-order valence-corrected chi connectivity index (χ3v) is 4.53. The summed E-state index contributed by atoms with van der Waals surface area (Å²) in [7, 11) is 0. The molecule has 0 amide bonds. The number of nitrogens with zero attached hydrogens (tertiary/aromatic N) is 1. The van der Waals surface area contributed by atoms with E-state index in [4.69, 9.17) is 0 Å². The Morgan fingerprint density at radius 3 is 2.44 bits per heavy atom. The minimum Gasteiger partial charge on any atom is -0.393 e. The molecule has 1 saturated carbocycles. The minimum absolute atomic E-state index is 0.0717. The van der Waals surface area contributed by atoms with Gasteiger partial charge in [0.25, 0.3) is 0 Å². The highest BCUT2D eigenvalue weighted by molar-refractivity contribution is 4.90. The van der Waals surface area contributed by atoms with Gasteiger partial charge in [-0.25, -0.2) is 0 Å². The summed E-state index contributed by atoms with van der Waals surface area (Å²) in [6.07, 6.45) is 9.00. The van der Waals surface area contributed by atoms with Crippen molar-refractivity contribution in [2.75, 3.05) is 13.1 Å². The number of likely N-dealkylation sites (tertiary alicyclic amines) is 1. The average molecular weight is 225 g/mol. The summed E-state index contributed by atoms with van der Waals surface area (Å²) in [4.78, 5) is 2.62. The normalized spacial score (nSPS) is 32.8. The Balaban J connectivity index is 1.87. The fourth-order valence-corrected chi connectivity index (χ4v) is 3.44. The van der Waals surface area contributed by atoms with Crippen LogP contribution in [0.5, 0.6) is 0 Å². The van der Waals surface area contributed by atoms with Crippen LogP contribution in [0.15, 0.2) is 0 Å². The van der Waals surface area contributed by atoms with E-state index in [1.807, 2.05) is 0 Å². The van der Waals surface area contributed by atoms with Gasteiger partial charge >= 0.3 is 0 Å². The molecule has 2 rings (SSSR count). The van der Waals surface area contributed by atoms with E-state index in [2.05, 4.69) is 18.7 Å². The fourth-order valence-electron chi connectivity index (χ4n) is 3.44. The van der Waals surface area contributed by atoms with Crippen LogP contribution in [0.3, 0.4) is 0 Å². The molecule has 0 spiro atoms. The zero-order chi connectivity index (χ0) is 11.6. The third kappa shape index (κ3) is 2.98. The Hall–Kier alpha value is -0.0800. The van der Waals surface area contributed by atoms with Crippen LogP contribution in [0.25, 0.3) is 0 Å². The van der Waals surface area contributed by atoms with E-state index < -0.39 is 0 Å². The molecule has 1 heterocycles. The second-order valence-corrected chi connectivity index (χ2v) is 6.41. The molecule has 0 aromatic rings. The number of aliphatic hydroxyl groups is 1. The molecule has 0 radical (unpaired) electrons. The maximum absolute atomic E-state index is 9.74. The van der Waals surface area contributed by atoms with Gasteiger partial charge in [0.15, 0.2) is 0 Å². The van der Waals surface area contributed by atoms with Crippen LogP contribution in [-0.2, 0) is 0 Å². The van der Waals surface area contributed by atoms with E-state index in [9.17, 15) is 5.11 Å². The van der Waals surface area contributed by atoms with Crippen molar-refractivity contribution in [2.24, 2.45) is 5.92 Å². The van der Waals surface area contributed by atoms with Gasteiger partial charge in [-0.05, 0) is 45.4 Å². The predicted octanol–water partition coefficient (Wildman–Crippen LogP) is 2.80. The van der Waals surface area contributed by atoms with E-state index in [1.165, 1.54) is 38.6 Å². The Bertz CT molecular complexity index is 221. The maximum Gasteiger partial charge on any atom is 0.0569 e. The van der Waals surface area contributed by atoms with Gasteiger partial charge in [-0.15, -0.1) is 0 Å². The van der Waals surface area contributed by atoms with Crippen molar-refractivity contribution in [1.82, 2.24) is 4.90 Å². The lowest BCUT2D eigenvalue weighted by atomic mass is 9.84. The first-order valence-electron chi connectivity index (χ1n) is 7.01. The van der Waals surface area contributed by atoms with Gasteiger partial charge in [-0.3, -0.25) is 4.90 Å². The number of piperidine rings is 1. The monoisotopic (exact) mass is 225 g/mol. The van der Waals surface area contributed by atoms with Crippen molar-refractivity contribution in [3.8, 4) is 0 Å². The Morgan fingerprint density at radius 2 is 1.81 bits per heavy atom. The van der Waals surface area contributed by atoms with Gasteiger partial charge in [-0.1, -0.05) is 19.3 Å². The topological polar surface area (TPSA) is 23.5 Å². The van der Waals surface area contributed by atoms with E-state index in [0.29, 0.717) is 0 Å². The molecule has 0 aromatic carbocycles. The molecule has 0 bridgehead atoms. The molecule has 2 nitrogen and oxygen atoms in total. The third-order valence-electron chi connectivity index (χ3n) is 4.53. The smallest absolute Gasteiger partial charge is 0.0569 e. The highest BCUT2D eigenvalue weighted by Crippen LogP contribution is 2.31. The second kappa shape index (κ2) is 5.05. The molecule has 0 aromatic heterocycles. The summed E-state index contributed by atoms with van der Waals surface area (Å²) in [6.45, 7) is 6.93. The first-order chi connectivity index (χ1) is 7.58. The SMILES string of the molecule is CC1(C)CC(O)CCN1CC1CCCCC1. The van der Waals surface area contributed by atoms with Gasteiger partial charge in [0.1, 0.15) is 0 Å². The van der Waals surface area contributed by atoms with Crippen LogP contribution in [0.4, 0.5) is 0 Å². The summed E-state index contributed by atoms with van der Waals surface area (Å²) in [5, 5.41) is 9.74. The number of hydrogen-bond donors (Lipinski definition) is 1. The molecular weight excluding hydrogens is 198 g/mol. The molecule has 1 atom stereocenters. The highest BCUT2D eigenvalue weighted by Gasteiger charge is 2.34. The molecule has 1 saturated heterocycles.